The van der Waals surface area contributed by atoms with Crippen molar-refractivity contribution in [1.82, 2.24) is 24.9 Å². The number of benzene rings is 1. The van der Waals surface area contributed by atoms with Crippen LogP contribution in [0.1, 0.15) is 35.2 Å². The quantitative estimate of drug-likeness (QED) is 0.741. The normalized spacial score (nSPS) is 14.3. The maximum absolute atomic E-state index is 12.9. The zero-order chi connectivity index (χ0) is 19.5. The lowest BCUT2D eigenvalue weighted by atomic mass is 10.1. The first-order chi connectivity index (χ1) is 13.6. The molecule has 2 aromatic heterocycles. The summed E-state index contributed by atoms with van der Waals surface area (Å²) in [6.45, 7) is 2.66. The van der Waals surface area contributed by atoms with E-state index in [2.05, 4.69) is 38.6 Å². The largest absolute Gasteiger partial charge is 0.371 e. The van der Waals surface area contributed by atoms with E-state index in [4.69, 9.17) is 0 Å². The van der Waals surface area contributed by atoms with Crippen LogP contribution in [0.25, 0.3) is 11.3 Å². The summed E-state index contributed by atoms with van der Waals surface area (Å²) >= 11 is 0. The SMILES string of the molecule is Cn1cc(-c2nn(C)cc2C(=O)NCc2ccccc2N2CCCCC2)cn1. The number of carbonyl (C=O) groups excluding carboxylic acids is 1. The fraction of sp³-hybridized carbons (Fsp3) is 0.381. The molecule has 0 radical (unpaired) electrons. The molecule has 1 aliphatic heterocycles. The second kappa shape index (κ2) is 7.88. The first-order valence-corrected chi connectivity index (χ1v) is 9.75. The second-order valence-corrected chi connectivity index (χ2v) is 7.33. The van der Waals surface area contributed by atoms with E-state index < -0.39 is 0 Å². The van der Waals surface area contributed by atoms with Gasteiger partial charge in [0.25, 0.3) is 5.91 Å². The fourth-order valence-electron chi connectivity index (χ4n) is 3.79. The number of nitrogens with zero attached hydrogens (tertiary/aromatic N) is 5. The van der Waals surface area contributed by atoms with Gasteiger partial charge in [0.2, 0.25) is 0 Å². The Morgan fingerprint density at radius 1 is 1.07 bits per heavy atom. The zero-order valence-corrected chi connectivity index (χ0v) is 16.4. The first kappa shape index (κ1) is 18.3. The van der Waals surface area contributed by atoms with Crippen LogP contribution in [0.3, 0.4) is 0 Å². The van der Waals surface area contributed by atoms with E-state index in [0.29, 0.717) is 17.8 Å². The molecule has 7 nitrogen and oxygen atoms in total. The van der Waals surface area contributed by atoms with Gasteiger partial charge in [-0.1, -0.05) is 18.2 Å². The molecule has 0 spiro atoms. The van der Waals surface area contributed by atoms with Gasteiger partial charge in [0.1, 0.15) is 5.69 Å². The van der Waals surface area contributed by atoms with Gasteiger partial charge in [-0.3, -0.25) is 14.2 Å². The Morgan fingerprint density at radius 3 is 2.61 bits per heavy atom. The molecule has 0 aliphatic carbocycles. The molecule has 28 heavy (non-hydrogen) atoms. The Morgan fingerprint density at radius 2 is 1.86 bits per heavy atom. The van der Waals surface area contributed by atoms with Crippen molar-refractivity contribution in [3.05, 3.63) is 54.0 Å². The van der Waals surface area contributed by atoms with Gasteiger partial charge in [-0.15, -0.1) is 0 Å². The number of carbonyl (C=O) groups is 1. The third kappa shape index (κ3) is 3.78. The summed E-state index contributed by atoms with van der Waals surface area (Å²) in [4.78, 5) is 15.3. The predicted octanol–water partition coefficient (Wildman–Crippen LogP) is 2.74. The highest BCUT2D eigenvalue weighted by molar-refractivity contribution is 5.99. The van der Waals surface area contributed by atoms with Crippen molar-refractivity contribution in [1.29, 1.82) is 0 Å². The number of hydrogen-bond acceptors (Lipinski definition) is 4. The molecule has 3 heterocycles. The second-order valence-electron chi connectivity index (χ2n) is 7.33. The maximum atomic E-state index is 12.9. The van der Waals surface area contributed by atoms with Crippen LogP contribution >= 0.6 is 0 Å². The zero-order valence-electron chi connectivity index (χ0n) is 16.4. The molecule has 1 saturated heterocycles. The summed E-state index contributed by atoms with van der Waals surface area (Å²) in [6, 6.07) is 8.34. The van der Waals surface area contributed by atoms with Crippen LogP contribution in [-0.2, 0) is 20.6 Å². The van der Waals surface area contributed by atoms with E-state index in [-0.39, 0.29) is 5.91 Å². The van der Waals surface area contributed by atoms with E-state index in [9.17, 15) is 4.79 Å². The summed E-state index contributed by atoms with van der Waals surface area (Å²) in [6.07, 6.45) is 9.10. The van der Waals surface area contributed by atoms with Gasteiger partial charge >= 0.3 is 0 Å². The summed E-state index contributed by atoms with van der Waals surface area (Å²) in [5, 5.41) is 11.7. The lowest BCUT2D eigenvalue weighted by Gasteiger charge is -2.30. The Hall–Kier alpha value is -3.09. The van der Waals surface area contributed by atoms with Crippen molar-refractivity contribution >= 4 is 11.6 Å². The Labute approximate surface area is 165 Å². The van der Waals surface area contributed by atoms with E-state index >= 15 is 0 Å². The van der Waals surface area contributed by atoms with E-state index in [1.807, 2.05) is 26.4 Å². The molecule has 4 rings (SSSR count). The van der Waals surface area contributed by atoms with Crippen LogP contribution in [0, 0.1) is 0 Å². The van der Waals surface area contributed by atoms with Crippen molar-refractivity contribution in [2.24, 2.45) is 14.1 Å². The molecule has 0 saturated carbocycles. The van der Waals surface area contributed by atoms with Crippen molar-refractivity contribution in [2.45, 2.75) is 25.8 Å². The van der Waals surface area contributed by atoms with Gasteiger partial charge < -0.3 is 10.2 Å². The molecule has 1 aromatic carbocycles. The van der Waals surface area contributed by atoms with Gasteiger partial charge in [-0.05, 0) is 30.9 Å². The summed E-state index contributed by atoms with van der Waals surface area (Å²) < 4.78 is 3.37. The smallest absolute Gasteiger partial charge is 0.255 e. The van der Waals surface area contributed by atoms with Gasteiger partial charge in [0, 0.05) is 57.4 Å². The molecular weight excluding hydrogens is 352 g/mol. The highest BCUT2D eigenvalue weighted by Gasteiger charge is 2.19. The van der Waals surface area contributed by atoms with Crippen molar-refractivity contribution in [3.8, 4) is 11.3 Å². The van der Waals surface area contributed by atoms with E-state index in [0.717, 1.165) is 24.2 Å². The van der Waals surface area contributed by atoms with Crippen LogP contribution < -0.4 is 10.2 Å². The van der Waals surface area contributed by atoms with Crippen LogP contribution in [0.4, 0.5) is 5.69 Å². The number of piperidine rings is 1. The number of hydrogen-bond donors (Lipinski definition) is 1. The van der Waals surface area contributed by atoms with Crippen LogP contribution in [0.5, 0.6) is 0 Å². The molecule has 3 aromatic rings. The van der Waals surface area contributed by atoms with Gasteiger partial charge in [-0.2, -0.15) is 10.2 Å². The fourth-order valence-corrected chi connectivity index (χ4v) is 3.79. The molecule has 1 N–H and O–H groups in total. The third-order valence-electron chi connectivity index (χ3n) is 5.18. The topological polar surface area (TPSA) is 68.0 Å². The minimum Gasteiger partial charge on any atom is -0.371 e. The average molecular weight is 378 g/mol. The lowest BCUT2D eigenvalue weighted by molar-refractivity contribution is 0.0951. The van der Waals surface area contributed by atoms with E-state index in [1.165, 1.54) is 24.9 Å². The minimum atomic E-state index is -0.125. The van der Waals surface area contributed by atoms with Gasteiger partial charge in [-0.25, -0.2) is 0 Å². The molecular formula is C21H26N6O. The minimum absolute atomic E-state index is 0.125. The number of para-hydroxylation sites is 1. The number of anilines is 1. The Balaban J connectivity index is 1.52. The van der Waals surface area contributed by atoms with E-state index in [1.54, 1.807) is 21.8 Å². The number of aryl methyl sites for hydroxylation is 2. The monoisotopic (exact) mass is 378 g/mol. The molecule has 1 fully saturated rings. The van der Waals surface area contributed by atoms with Crippen LogP contribution in [0.15, 0.2) is 42.9 Å². The molecule has 1 amide bonds. The summed E-state index contributed by atoms with van der Waals surface area (Å²) in [7, 11) is 3.67. The third-order valence-corrected chi connectivity index (χ3v) is 5.18. The number of aromatic nitrogens is 4. The van der Waals surface area contributed by atoms with Crippen molar-refractivity contribution in [3.63, 3.8) is 0 Å². The highest BCUT2D eigenvalue weighted by Crippen LogP contribution is 2.25. The van der Waals surface area contributed by atoms with Gasteiger partial charge in [0.15, 0.2) is 0 Å². The first-order valence-electron chi connectivity index (χ1n) is 9.75. The maximum Gasteiger partial charge on any atom is 0.255 e. The molecule has 0 bridgehead atoms. The standard InChI is InChI=1S/C21H26N6O/c1-25-14-17(13-23-25)20-18(15-26(2)24-20)21(28)22-12-16-8-4-5-9-19(16)27-10-6-3-7-11-27/h4-5,8-9,13-15H,3,6-7,10-12H2,1-2H3,(H,22,28). The number of nitrogens with one attached hydrogen (secondary N) is 1. The summed E-state index contributed by atoms with van der Waals surface area (Å²) in [5.74, 6) is -0.125. The molecule has 7 heteroatoms. The molecule has 0 unspecified atom stereocenters. The molecule has 0 atom stereocenters. The molecule has 146 valence electrons. The molecule has 1 aliphatic rings. The van der Waals surface area contributed by atoms with Crippen molar-refractivity contribution in [2.75, 3.05) is 18.0 Å². The van der Waals surface area contributed by atoms with Gasteiger partial charge in [0.05, 0.1) is 11.8 Å². The Bertz CT molecular complexity index is 967. The number of amides is 1. The van der Waals surface area contributed by atoms with Crippen molar-refractivity contribution < 1.29 is 4.79 Å². The Kier molecular flexibility index (Phi) is 5.14. The van der Waals surface area contributed by atoms with Crippen LogP contribution in [-0.4, -0.2) is 38.6 Å². The lowest BCUT2D eigenvalue weighted by Crippen LogP contribution is -2.31. The predicted molar refractivity (Wildman–Crippen MR) is 109 cm³/mol. The average Bonchev–Trinajstić information content (AvgIpc) is 3.32. The number of rotatable bonds is 5. The highest BCUT2D eigenvalue weighted by atomic mass is 16.1. The van der Waals surface area contributed by atoms with Crippen LogP contribution in [0.2, 0.25) is 0 Å². The summed E-state index contributed by atoms with van der Waals surface area (Å²) in [5.41, 5.74) is 4.41.